The summed E-state index contributed by atoms with van der Waals surface area (Å²) in [6.45, 7) is 2.02. The molecule has 0 radical (unpaired) electrons. The Morgan fingerprint density at radius 3 is 2.76 bits per heavy atom. The van der Waals surface area contributed by atoms with E-state index in [1.54, 1.807) is 12.1 Å². The van der Waals surface area contributed by atoms with Gasteiger partial charge in [0.05, 0.1) is 7.11 Å². The van der Waals surface area contributed by atoms with Gasteiger partial charge in [0.1, 0.15) is 0 Å². The highest BCUT2D eigenvalue weighted by Crippen LogP contribution is 2.32. The van der Waals surface area contributed by atoms with Crippen molar-refractivity contribution in [2.75, 3.05) is 7.11 Å². The summed E-state index contributed by atoms with van der Waals surface area (Å²) >= 11 is 0. The Kier molecular flexibility index (Phi) is 3.50. The number of aliphatic imine (C=N–C) groups is 1. The number of amidine groups is 1. The molecule has 0 fully saturated rings. The maximum Gasteiger partial charge on any atom is 0.202 e. The first-order valence-corrected chi connectivity index (χ1v) is 6.61. The van der Waals surface area contributed by atoms with Gasteiger partial charge in [-0.1, -0.05) is 30.3 Å². The summed E-state index contributed by atoms with van der Waals surface area (Å²) in [4.78, 5) is 10.0. The van der Waals surface area contributed by atoms with E-state index in [1.165, 1.54) is 7.11 Å². The third-order valence-corrected chi connectivity index (χ3v) is 3.40. The van der Waals surface area contributed by atoms with Gasteiger partial charge in [-0.3, -0.25) is 0 Å². The Morgan fingerprint density at radius 1 is 1.24 bits per heavy atom. The molecule has 1 aliphatic rings. The van der Waals surface area contributed by atoms with Crippen molar-refractivity contribution in [3.05, 3.63) is 59.2 Å². The number of aryl methyl sites for hydroxylation is 1. The normalized spacial score (nSPS) is 17.2. The molecule has 0 aromatic heterocycles. The Bertz CT molecular complexity index is 698. The average Bonchev–Trinajstić information content (AvgIpc) is 2.97. The van der Waals surface area contributed by atoms with Gasteiger partial charge in [-0.2, -0.15) is 0 Å². The predicted molar refractivity (Wildman–Crippen MR) is 79.3 cm³/mol. The first-order chi connectivity index (χ1) is 10.2. The summed E-state index contributed by atoms with van der Waals surface area (Å²) < 4.78 is 5.03. The fraction of sp³-hybridized carbons (Fsp3) is 0.188. The Morgan fingerprint density at radius 2 is 2.05 bits per heavy atom. The predicted octanol–water partition coefficient (Wildman–Crippen LogP) is 2.69. The summed E-state index contributed by atoms with van der Waals surface area (Å²) in [5.74, 6) is 1.18. The van der Waals surface area contributed by atoms with Crippen LogP contribution in [-0.4, -0.2) is 18.1 Å². The molecule has 2 aromatic carbocycles. The van der Waals surface area contributed by atoms with Crippen molar-refractivity contribution >= 4 is 5.84 Å². The number of phenols is 1. The lowest BCUT2D eigenvalue weighted by Gasteiger charge is -2.08. The molecule has 2 aromatic rings. The second kappa shape index (κ2) is 5.46. The molecule has 1 heterocycles. The molecule has 0 amide bonds. The monoisotopic (exact) mass is 284 g/mol. The molecule has 0 unspecified atom stereocenters. The van der Waals surface area contributed by atoms with Crippen LogP contribution in [0.4, 0.5) is 0 Å². The molecular formula is C16H16N2O3. The highest BCUT2D eigenvalue weighted by Gasteiger charge is 2.22. The fourth-order valence-corrected chi connectivity index (χ4v) is 2.25. The van der Waals surface area contributed by atoms with Crippen molar-refractivity contribution in [1.29, 1.82) is 0 Å². The van der Waals surface area contributed by atoms with Crippen molar-refractivity contribution in [3.63, 3.8) is 0 Å². The third-order valence-electron chi connectivity index (χ3n) is 3.40. The first kappa shape index (κ1) is 13.5. The van der Waals surface area contributed by atoms with E-state index in [0.29, 0.717) is 11.6 Å². The molecule has 0 bridgehead atoms. The molecule has 0 aliphatic carbocycles. The lowest BCUT2D eigenvalue weighted by Crippen LogP contribution is -2.18. The van der Waals surface area contributed by atoms with Crippen molar-refractivity contribution < 1.29 is 14.7 Å². The highest BCUT2D eigenvalue weighted by molar-refractivity contribution is 6.00. The van der Waals surface area contributed by atoms with Crippen molar-refractivity contribution in [1.82, 2.24) is 5.48 Å². The van der Waals surface area contributed by atoms with Crippen LogP contribution in [0.25, 0.3) is 0 Å². The van der Waals surface area contributed by atoms with Gasteiger partial charge in [-0.05, 0) is 24.6 Å². The van der Waals surface area contributed by atoms with Gasteiger partial charge in [0.2, 0.25) is 6.23 Å². The molecule has 1 atom stereocenters. The number of hydrogen-bond donors (Lipinski definition) is 2. The molecule has 1 aliphatic heterocycles. The van der Waals surface area contributed by atoms with Crippen LogP contribution in [0, 0.1) is 6.92 Å². The van der Waals surface area contributed by atoms with E-state index in [1.807, 2.05) is 37.3 Å². The van der Waals surface area contributed by atoms with Crippen LogP contribution in [-0.2, 0) is 4.84 Å². The van der Waals surface area contributed by atoms with Gasteiger partial charge in [0.25, 0.3) is 0 Å². The first-order valence-electron chi connectivity index (χ1n) is 6.61. The van der Waals surface area contributed by atoms with E-state index >= 15 is 0 Å². The lowest BCUT2D eigenvalue weighted by molar-refractivity contribution is 0.0375. The topological polar surface area (TPSA) is 63.1 Å². The van der Waals surface area contributed by atoms with E-state index in [-0.39, 0.29) is 5.75 Å². The number of methoxy groups -OCH3 is 1. The van der Waals surface area contributed by atoms with Crippen LogP contribution in [0.2, 0.25) is 0 Å². The van der Waals surface area contributed by atoms with Crippen LogP contribution in [0.3, 0.4) is 0 Å². The minimum absolute atomic E-state index is 0.0677. The Labute approximate surface area is 122 Å². The van der Waals surface area contributed by atoms with E-state index in [9.17, 15) is 5.11 Å². The summed E-state index contributed by atoms with van der Waals surface area (Å²) in [5.41, 5.74) is 5.72. The van der Waals surface area contributed by atoms with E-state index < -0.39 is 6.23 Å². The van der Waals surface area contributed by atoms with Gasteiger partial charge < -0.3 is 9.84 Å². The summed E-state index contributed by atoms with van der Waals surface area (Å²) in [6, 6.07) is 13.0. The number of benzene rings is 2. The standard InChI is InChI=1S/C16H16N2O3/c1-10-5-3-4-6-12(10)15-17-16(21-18-15)11-7-8-14(20-2)13(19)9-11/h3-9,16,19H,1-2H3,(H,17,18)/t16-/m1/s1. The Balaban J connectivity index is 1.89. The minimum atomic E-state index is -0.489. The molecule has 0 saturated heterocycles. The van der Waals surface area contributed by atoms with Gasteiger partial charge in [0, 0.05) is 11.1 Å². The maximum atomic E-state index is 9.83. The second-order valence-electron chi connectivity index (χ2n) is 4.80. The smallest absolute Gasteiger partial charge is 0.202 e. The van der Waals surface area contributed by atoms with Crippen LogP contribution in [0.1, 0.15) is 22.9 Å². The average molecular weight is 284 g/mol. The van der Waals surface area contributed by atoms with Crippen molar-refractivity contribution in [2.24, 2.45) is 4.99 Å². The molecule has 21 heavy (non-hydrogen) atoms. The summed E-state index contributed by atoms with van der Waals surface area (Å²) in [5, 5.41) is 9.83. The largest absolute Gasteiger partial charge is 0.504 e. The molecule has 5 nitrogen and oxygen atoms in total. The quantitative estimate of drug-likeness (QED) is 0.909. The van der Waals surface area contributed by atoms with E-state index in [2.05, 4.69) is 10.5 Å². The zero-order valence-electron chi connectivity index (χ0n) is 11.8. The zero-order chi connectivity index (χ0) is 14.8. The van der Waals surface area contributed by atoms with E-state index in [4.69, 9.17) is 9.57 Å². The van der Waals surface area contributed by atoms with E-state index in [0.717, 1.165) is 16.7 Å². The van der Waals surface area contributed by atoms with Crippen molar-refractivity contribution in [3.8, 4) is 11.5 Å². The lowest BCUT2D eigenvalue weighted by atomic mass is 10.1. The highest BCUT2D eigenvalue weighted by atomic mass is 16.7. The van der Waals surface area contributed by atoms with Crippen molar-refractivity contribution in [2.45, 2.75) is 13.2 Å². The van der Waals surface area contributed by atoms with Crippen LogP contribution in [0.15, 0.2) is 47.5 Å². The van der Waals surface area contributed by atoms with Crippen LogP contribution in [0.5, 0.6) is 11.5 Å². The number of aromatic hydroxyl groups is 1. The number of hydroxylamine groups is 1. The third kappa shape index (κ3) is 2.55. The fourth-order valence-electron chi connectivity index (χ4n) is 2.25. The maximum absolute atomic E-state index is 9.83. The Hall–Kier alpha value is -2.53. The number of hydrogen-bond acceptors (Lipinski definition) is 5. The zero-order valence-corrected chi connectivity index (χ0v) is 11.8. The number of nitrogens with zero attached hydrogens (tertiary/aromatic N) is 1. The molecule has 3 rings (SSSR count). The number of phenolic OH excluding ortho intramolecular Hbond substituents is 1. The SMILES string of the molecule is COc1ccc([C@@H]2N=C(c3ccccc3C)NO2)cc1O. The van der Waals surface area contributed by atoms with Gasteiger partial charge in [-0.15, -0.1) is 0 Å². The molecule has 2 N–H and O–H groups in total. The second-order valence-corrected chi connectivity index (χ2v) is 4.80. The van der Waals surface area contributed by atoms with Gasteiger partial charge in [-0.25, -0.2) is 15.3 Å². The van der Waals surface area contributed by atoms with Gasteiger partial charge in [0.15, 0.2) is 17.3 Å². The van der Waals surface area contributed by atoms with Crippen LogP contribution < -0.4 is 10.2 Å². The molecule has 5 heteroatoms. The minimum Gasteiger partial charge on any atom is -0.504 e. The molecule has 0 saturated carbocycles. The molecule has 108 valence electrons. The molecule has 0 spiro atoms. The van der Waals surface area contributed by atoms with Crippen LogP contribution >= 0.6 is 0 Å². The number of ether oxygens (including phenoxy) is 1. The molecular weight excluding hydrogens is 268 g/mol. The number of rotatable bonds is 3. The summed E-state index contributed by atoms with van der Waals surface area (Å²) in [6.07, 6.45) is -0.489. The number of nitrogens with one attached hydrogen (secondary N) is 1. The summed E-state index contributed by atoms with van der Waals surface area (Å²) in [7, 11) is 1.51. The van der Waals surface area contributed by atoms with Gasteiger partial charge >= 0.3 is 0 Å².